The predicted octanol–water partition coefficient (Wildman–Crippen LogP) is 2.25. The summed E-state index contributed by atoms with van der Waals surface area (Å²) in [5, 5.41) is 0. The van der Waals surface area contributed by atoms with Crippen molar-refractivity contribution in [3.8, 4) is 0 Å². The number of rotatable bonds is 1. The van der Waals surface area contributed by atoms with E-state index in [-0.39, 0.29) is 5.82 Å². The molecule has 2 rings (SSSR count). The number of nitrogens with zero attached hydrogens (tertiary/aromatic N) is 1. The maximum absolute atomic E-state index is 12.1. The molecule has 1 heterocycles. The fourth-order valence-electron chi connectivity index (χ4n) is 1.35. The minimum Gasteiger partial charge on any atom is -0.399 e. The number of alkyl halides is 3. The number of nitrogens with one attached hydrogen (secondary N) is 1. The third-order valence-corrected chi connectivity index (χ3v) is 1.92. The second-order valence-corrected chi connectivity index (χ2v) is 3.25. The van der Waals surface area contributed by atoms with E-state index in [1.807, 2.05) is 0 Å². The third-order valence-electron chi connectivity index (χ3n) is 1.92. The Labute approximate surface area is 83.1 Å². The minimum atomic E-state index is -4.25. The van der Waals surface area contributed by atoms with Gasteiger partial charge in [-0.2, -0.15) is 13.2 Å². The molecule has 3 nitrogen and oxygen atoms in total. The van der Waals surface area contributed by atoms with Crippen LogP contribution in [0.1, 0.15) is 5.82 Å². The molecule has 0 fully saturated rings. The quantitative estimate of drug-likeness (QED) is 0.717. The molecule has 0 unspecified atom stereocenters. The fraction of sp³-hybridized carbons (Fsp3) is 0.222. The molecule has 0 aliphatic heterocycles. The van der Waals surface area contributed by atoms with Crippen LogP contribution in [0.5, 0.6) is 0 Å². The molecule has 3 N–H and O–H groups in total. The first-order valence-corrected chi connectivity index (χ1v) is 4.25. The van der Waals surface area contributed by atoms with E-state index in [0.29, 0.717) is 16.7 Å². The zero-order chi connectivity index (χ0) is 11.1. The lowest BCUT2D eigenvalue weighted by Gasteiger charge is -2.01. The molecule has 15 heavy (non-hydrogen) atoms. The van der Waals surface area contributed by atoms with Gasteiger partial charge in [0.1, 0.15) is 12.2 Å². The van der Waals surface area contributed by atoms with Crippen LogP contribution < -0.4 is 5.73 Å². The monoisotopic (exact) mass is 215 g/mol. The standard InChI is InChI=1S/C9H8F3N3/c10-9(11,12)4-8-14-6-2-1-5(13)3-7(6)15-8/h1-3H,4,13H2,(H,14,15). The average Bonchev–Trinajstić information content (AvgIpc) is 2.42. The van der Waals surface area contributed by atoms with Crippen LogP contribution in [0.15, 0.2) is 18.2 Å². The average molecular weight is 215 g/mol. The van der Waals surface area contributed by atoms with Gasteiger partial charge in [-0.25, -0.2) is 4.98 Å². The normalized spacial score (nSPS) is 12.2. The van der Waals surface area contributed by atoms with Gasteiger partial charge in [0, 0.05) is 5.69 Å². The number of H-pyrrole nitrogens is 1. The summed E-state index contributed by atoms with van der Waals surface area (Å²) >= 11 is 0. The Morgan fingerprint density at radius 1 is 1.33 bits per heavy atom. The Morgan fingerprint density at radius 3 is 2.73 bits per heavy atom. The van der Waals surface area contributed by atoms with Gasteiger partial charge < -0.3 is 10.7 Å². The summed E-state index contributed by atoms with van der Waals surface area (Å²) in [7, 11) is 0. The maximum atomic E-state index is 12.1. The van der Waals surface area contributed by atoms with Crippen molar-refractivity contribution in [3.63, 3.8) is 0 Å². The number of fused-ring (bicyclic) bond motifs is 1. The van der Waals surface area contributed by atoms with E-state index in [1.165, 1.54) is 0 Å². The molecule has 0 aliphatic carbocycles. The van der Waals surface area contributed by atoms with E-state index in [9.17, 15) is 13.2 Å². The third kappa shape index (κ3) is 2.20. The van der Waals surface area contributed by atoms with E-state index in [2.05, 4.69) is 9.97 Å². The number of hydrogen-bond acceptors (Lipinski definition) is 2. The van der Waals surface area contributed by atoms with Gasteiger partial charge in [0.05, 0.1) is 11.0 Å². The number of hydrogen-bond donors (Lipinski definition) is 2. The Kier molecular flexibility index (Phi) is 2.06. The summed E-state index contributed by atoms with van der Waals surface area (Å²) in [6.07, 6.45) is -5.30. The summed E-state index contributed by atoms with van der Waals surface area (Å²) in [5.74, 6) is -0.0944. The Morgan fingerprint density at radius 2 is 2.07 bits per heavy atom. The lowest BCUT2D eigenvalue weighted by Crippen LogP contribution is -2.12. The number of nitrogen functional groups attached to an aromatic ring is 1. The molecule has 6 heteroatoms. The number of halogens is 3. The van der Waals surface area contributed by atoms with Gasteiger partial charge in [0.15, 0.2) is 0 Å². The SMILES string of the molecule is Nc1ccc2nc(CC(F)(F)F)[nH]c2c1. The number of aromatic nitrogens is 2. The maximum Gasteiger partial charge on any atom is 0.396 e. The van der Waals surface area contributed by atoms with Crippen LogP contribution in [0.25, 0.3) is 11.0 Å². The highest BCUT2D eigenvalue weighted by molar-refractivity contribution is 5.78. The van der Waals surface area contributed by atoms with Crippen molar-refractivity contribution < 1.29 is 13.2 Å². The van der Waals surface area contributed by atoms with E-state index in [1.54, 1.807) is 18.2 Å². The van der Waals surface area contributed by atoms with Crippen LogP contribution in [-0.2, 0) is 6.42 Å². The summed E-state index contributed by atoms with van der Waals surface area (Å²) in [6.45, 7) is 0. The van der Waals surface area contributed by atoms with Gasteiger partial charge in [-0.15, -0.1) is 0 Å². The van der Waals surface area contributed by atoms with E-state index in [4.69, 9.17) is 5.73 Å². The largest absolute Gasteiger partial charge is 0.399 e. The number of imidazole rings is 1. The second-order valence-electron chi connectivity index (χ2n) is 3.25. The minimum absolute atomic E-state index is 0.0944. The van der Waals surface area contributed by atoms with E-state index < -0.39 is 12.6 Å². The number of benzene rings is 1. The number of aromatic amines is 1. The highest BCUT2D eigenvalue weighted by atomic mass is 19.4. The van der Waals surface area contributed by atoms with Crippen LogP contribution in [-0.4, -0.2) is 16.1 Å². The number of anilines is 1. The Balaban J connectivity index is 2.39. The smallest absolute Gasteiger partial charge is 0.396 e. The first-order valence-electron chi connectivity index (χ1n) is 4.25. The van der Waals surface area contributed by atoms with Crippen LogP contribution >= 0.6 is 0 Å². The number of nitrogens with two attached hydrogens (primary N) is 1. The van der Waals surface area contributed by atoms with Gasteiger partial charge in [0.2, 0.25) is 0 Å². The summed E-state index contributed by atoms with van der Waals surface area (Å²) in [6, 6.07) is 4.74. The van der Waals surface area contributed by atoms with Crippen LogP contribution in [0.3, 0.4) is 0 Å². The van der Waals surface area contributed by atoms with Crippen molar-refractivity contribution in [1.29, 1.82) is 0 Å². The van der Waals surface area contributed by atoms with Crippen molar-refractivity contribution in [2.45, 2.75) is 12.6 Å². The van der Waals surface area contributed by atoms with Gasteiger partial charge in [0.25, 0.3) is 0 Å². The van der Waals surface area contributed by atoms with Crippen molar-refractivity contribution in [2.75, 3.05) is 5.73 Å². The van der Waals surface area contributed by atoms with Crippen LogP contribution in [0.2, 0.25) is 0 Å². The molecule has 0 radical (unpaired) electrons. The van der Waals surface area contributed by atoms with Gasteiger partial charge >= 0.3 is 6.18 Å². The van der Waals surface area contributed by atoms with E-state index in [0.717, 1.165) is 0 Å². The molecule has 0 spiro atoms. The molecule has 0 saturated heterocycles. The van der Waals surface area contributed by atoms with Crippen LogP contribution in [0, 0.1) is 0 Å². The molecular weight excluding hydrogens is 207 g/mol. The second kappa shape index (κ2) is 3.15. The molecule has 0 aliphatic rings. The molecule has 0 bridgehead atoms. The predicted molar refractivity (Wildman–Crippen MR) is 50.3 cm³/mol. The topological polar surface area (TPSA) is 54.7 Å². The first-order chi connectivity index (χ1) is 6.94. The molecule has 0 amide bonds. The Hall–Kier alpha value is -1.72. The zero-order valence-electron chi connectivity index (χ0n) is 7.60. The molecular formula is C9H8F3N3. The summed E-state index contributed by atoms with van der Waals surface area (Å²) in [5.41, 5.74) is 6.99. The first kappa shape index (κ1) is 9.82. The highest BCUT2D eigenvalue weighted by Gasteiger charge is 2.29. The molecule has 1 aromatic heterocycles. The zero-order valence-corrected chi connectivity index (χ0v) is 7.60. The van der Waals surface area contributed by atoms with Crippen molar-refractivity contribution in [1.82, 2.24) is 9.97 Å². The molecule has 80 valence electrons. The summed E-state index contributed by atoms with van der Waals surface area (Å²) in [4.78, 5) is 6.39. The van der Waals surface area contributed by atoms with Gasteiger partial charge in [-0.05, 0) is 18.2 Å². The van der Waals surface area contributed by atoms with Gasteiger partial charge in [-0.1, -0.05) is 0 Å². The molecule has 0 saturated carbocycles. The summed E-state index contributed by atoms with van der Waals surface area (Å²) < 4.78 is 36.2. The van der Waals surface area contributed by atoms with E-state index >= 15 is 0 Å². The fourth-order valence-corrected chi connectivity index (χ4v) is 1.35. The van der Waals surface area contributed by atoms with Crippen LogP contribution in [0.4, 0.5) is 18.9 Å². The van der Waals surface area contributed by atoms with Crippen molar-refractivity contribution in [3.05, 3.63) is 24.0 Å². The lowest BCUT2D eigenvalue weighted by molar-refractivity contribution is -0.128. The van der Waals surface area contributed by atoms with Crippen molar-refractivity contribution in [2.24, 2.45) is 0 Å². The molecule has 0 atom stereocenters. The highest BCUT2D eigenvalue weighted by Crippen LogP contribution is 2.22. The Bertz CT molecular complexity index is 487. The van der Waals surface area contributed by atoms with Crippen molar-refractivity contribution >= 4 is 16.7 Å². The molecule has 2 aromatic rings. The van der Waals surface area contributed by atoms with Gasteiger partial charge in [-0.3, -0.25) is 0 Å². The molecule has 1 aromatic carbocycles. The lowest BCUT2D eigenvalue weighted by atomic mass is 10.3.